The number of carbonyl (C=O) groups is 1. The third kappa shape index (κ3) is 4.64. The average Bonchev–Trinajstić information content (AvgIpc) is 2.91. The van der Waals surface area contributed by atoms with Crippen LogP contribution in [0.1, 0.15) is 12.0 Å². The standard InChI is InChI=1S/C20H19Cl2NO5/c1-25-18-9-12(8-14(22)20(18)26-2)4-5-19(24)23-15-11-17-16(10-13(15)21)27-6-3-7-28-17/h4-5,8-11H,3,6-7H2,1-2H3,(H,23,24)/b5-4+. The summed E-state index contributed by atoms with van der Waals surface area (Å²) in [4.78, 5) is 12.3. The van der Waals surface area contributed by atoms with Crippen LogP contribution in [0.3, 0.4) is 0 Å². The van der Waals surface area contributed by atoms with Crippen LogP contribution in [0.2, 0.25) is 10.0 Å². The predicted molar refractivity (Wildman–Crippen MR) is 109 cm³/mol. The minimum atomic E-state index is -0.359. The highest BCUT2D eigenvalue weighted by Gasteiger charge is 2.15. The average molecular weight is 424 g/mol. The molecule has 3 rings (SSSR count). The van der Waals surface area contributed by atoms with Crippen molar-refractivity contribution in [1.29, 1.82) is 0 Å². The number of amides is 1. The van der Waals surface area contributed by atoms with Gasteiger partial charge in [0.25, 0.3) is 0 Å². The van der Waals surface area contributed by atoms with Gasteiger partial charge in [-0.05, 0) is 23.8 Å². The molecule has 1 aliphatic heterocycles. The molecule has 0 bridgehead atoms. The van der Waals surface area contributed by atoms with E-state index in [1.165, 1.54) is 20.3 Å². The fourth-order valence-electron chi connectivity index (χ4n) is 2.66. The molecule has 1 heterocycles. The predicted octanol–water partition coefficient (Wildman–Crippen LogP) is 4.82. The Hall–Kier alpha value is -2.57. The molecule has 28 heavy (non-hydrogen) atoms. The van der Waals surface area contributed by atoms with E-state index in [2.05, 4.69) is 5.32 Å². The molecule has 0 aromatic heterocycles. The van der Waals surface area contributed by atoms with Crippen LogP contribution in [-0.4, -0.2) is 33.3 Å². The Morgan fingerprint density at radius 1 is 1.04 bits per heavy atom. The van der Waals surface area contributed by atoms with Gasteiger partial charge in [-0.1, -0.05) is 23.2 Å². The first-order valence-corrected chi connectivity index (χ1v) is 9.27. The van der Waals surface area contributed by atoms with Crippen molar-refractivity contribution in [2.75, 3.05) is 32.8 Å². The summed E-state index contributed by atoms with van der Waals surface area (Å²) in [7, 11) is 3.02. The number of fused-ring (bicyclic) bond motifs is 1. The van der Waals surface area contributed by atoms with Gasteiger partial charge in [0, 0.05) is 24.6 Å². The maximum absolute atomic E-state index is 12.3. The van der Waals surface area contributed by atoms with Crippen LogP contribution < -0.4 is 24.3 Å². The van der Waals surface area contributed by atoms with Gasteiger partial charge in [-0.3, -0.25) is 4.79 Å². The van der Waals surface area contributed by atoms with Crippen molar-refractivity contribution in [1.82, 2.24) is 0 Å². The smallest absolute Gasteiger partial charge is 0.248 e. The Morgan fingerprint density at radius 2 is 1.75 bits per heavy atom. The summed E-state index contributed by atoms with van der Waals surface area (Å²) in [6, 6.07) is 6.68. The van der Waals surface area contributed by atoms with Gasteiger partial charge < -0.3 is 24.3 Å². The topological polar surface area (TPSA) is 66.0 Å². The van der Waals surface area contributed by atoms with E-state index >= 15 is 0 Å². The summed E-state index contributed by atoms with van der Waals surface area (Å²) in [5.74, 6) is 1.66. The maximum Gasteiger partial charge on any atom is 0.248 e. The molecule has 1 N–H and O–H groups in total. The molecular weight excluding hydrogens is 405 g/mol. The molecule has 1 amide bonds. The lowest BCUT2D eigenvalue weighted by molar-refractivity contribution is -0.111. The number of hydrogen-bond donors (Lipinski definition) is 1. The number of methoxy groups -OCH3 is 2. The molecule has 0 radical (unpaired) electrons. The quantitative estimate of drug-likeness (QED) is 0.697. The van der Waals surface area contributed by atoms with Crippen molar-refractivity contribution in [3.63, 3.8) is 0 Å². The Kier molecular flexibility index (Phi) is 6.54. The van der Waals surface area contributed by atoms with E-state index in [1.54, 1.807) is 30.3 Å². The van der Waals surface area contributed by atoms with Gasteiger partial charge >= 0.3 is 0 Å². The fourth-order valence-corrected chi connectivity index (χ4v) is 3.16. The summed E-state index contributed by atoms with van der Waals surface area (Å²) in [6.45, 7) is 1.10. The zero-order valence-corrected chi connectivity index (χ0v) is 16.9. The lowest BCUT2D eigenvalue weighted by atomic mass is 10.2. The molecule has 0 atom stereocenters. The summed E-state index contributed by atoms with van der Waals surface area (Å²) < 4.78 is 21.6. The van der Waals surface area contributed by atoms with E-state index in [0.29, 0.717) is 57.5 Å². The molecule has 2 aromatic rings. The molecule has 2 aromatic carbocycles. The lowest BCUT2D eigenvalue weighted by Crippen LogP contribution is -2.08. The molecule has 0 saturated heterocycles. The van der Waals surface area contributed by atoms with Crippen LogP contribution in [0.25, 0.3) is 6.08 Å². The second-order valence-corrected chi connectivity index (χ2v) is 6.70. The minimum Gasteiger partial charge on any atom is -0.493 e. The molecular formula is C20H19Cl2NO5. The van der Waals surface area contributed by atoms with Gasteiger partial charge in [0.2, 0.25) is 5.91 Å². The number of carbonyl (C=O) groups excluding carboxylic acids is 1. The van der Waals surface area contributed by atoms with Crippen LogP contribution in [0, 0.1) is 0 Å². The molecule has 1 aliphatic rings. The monoisotopic (exact) mass is 423 g/mol. The van der Waals surface area contributed by atoms with Crippen molar-refractivity contribution >= 4 is 40.9 Å². The molecule has 0 unspecified atom stereocenters. The first-order valence-electron chi connectivity index (χ1n) is 8.51. The highest BCUT2D eigenvalue weighted by atomic mass is 35.5. The molecule has 148 valence electrons. The second kappa shape index (κ2) is 9.08. The van der Waals surface area contributed by atoms with E-state index in [9.17, 15) is 4.79 Å². The van der Waals surface area contributed by atoms with E-state index in [-0.39, 0.29) is 5.91 Å². The van der Waals surface area contributed by atoms with Crippen molar-refractivity contribution in [3.8, 4) is 23.0 Å². The van der Waals surface area contributed by atoms with Gasteiger partial charge in [0.15, 0.2) is 23.0 Å². The number of rotatable bonds is 5. The number of nitrogens with one attached hydrogen (secondary N) is 1. The molecule has 0 saturated carbocycles. The first-order chi connectivity index (χ1) is 13.5. The Bertz CT molecular complexity index is 914. The van der Waals surface area contributed by atoms with Crippen molar-refractivity contribution in [2.45, 2.75) is 6.42 Å². The lowest BCUT2D eigenvalue weighted by Gasteiger charge is -2.12. The van der Waals surface area contributed by atoms with Crippen LogP contribution >= 0.6 is 23.2 Å². The highest BCUT2D eigenvalue weighted by Crippen LogP contribution is 2.38. The zero-order valence-electron chi connectivity index (χ0n) is 15.4. The number of hydrogen-bond acceptors (Lipinski definition) is 5. The first kappa shape index (κ1) is 20.2. The number of anilines is 1. The third-order valence-corrected chi connectivity index (χ3v) is 4.57. The van der Waals surface area contributed by atoms with Crippen molar-refractivity contribution in [2.24, 2.45) is 0 Å². The van der Waals surface area contributed by atoms with E-state index in [4.69, 9.17) is 42.1 Å². The molecule has 0 spiro atoms. The second-order valence-electron chi connectivity index (χ2n) is 5.89. The minimum absolute atomic E-state index is 0.359. The van der Waals surface area contributed by atoms with Gasteiger partial charge in [0.1, 0.15) is 0 Å². The Morgan fingerprint density at radius 3 is 2.43 bits per heavy atom. The van der Waals surface area contributed by atoms with E-state index in [0.717, 1.165) is 6.42 Å². The Labute approximate surface area is 172 Å². The molecule has 0 fully saturated rings. The maximum atomic E-state index is 12.3. The molecule has 8 heteroatoms. The summed E-state index contributed by atoms with van der Waals surface area (Å²) in [5.41, 5.74) is 1.12. The fraction of sp³-hybridized carbons (Fsp3) is 0.250. The van der Waals surface area contributed by atoms with E-state index in [1.807, 2.05) is 0 Å². The number of ether oxygens (including phenoxy) is 4. The molecule has 0 aliphatic carbocycles. The zero-order chi connectivity index (χ0) is 20.1. The third-order valence-electron chi connectivity index (χ3n) is 3.98. The van der Waals surface area contributed by atoms with Crippen LogP contribution in [0.15, 0.2) is 30.3 Å². The van der Waals surface area contributed by atoms with Crippen LogP contribution in [0.4, 0.5) is 5.69 Å². The SMILES string of the molecule is COc1cc(/C=C/C(=O)Nc2cc3c(cc2Cl)OCCCO3)cc(Cl)c1OC. The number of halogens is 2. The summed E-state index contributed by atoms with van der Waals surface area (Å²) in [6.07, 6.45) is 3.77. The highest BCUT2D eigenvalue weighted by molar-refractivity contribution is 6.34. The van der Waals surface area contributed by atoms with Crippen molar-refractivity contribution < 1.29 is 23.7 Å². The van der Waals surface area contributed by atoms with Gasteiger partial charge in [-0.2, -0.15) is 0 Å². The van der Waals surface area contributed by atoms with Crippen molar-refractivity contribution in [3.05, 3.63) is 46.0 Å². The van der Waals surface area contributed by atoms with Gasteiger partial charge in [0.05, 0.1) is 43.2 Å². The number of benzene rings is 2. The van der Waals surface area contributed by atoms with Gasteiger partial charge in [-0.25, -0.2) is 0 Å². The summed E-state index contributed by atoms with van der Waals surface area (Å²) in [5, 5.41) is 3.48. The van der Waals surface area contributed by atoms with Gasteiger partial charge in [-0.15, -0.1) is 0 Å². The largest absolute Gasteiger partial charge is 0.493 e. The summed E-state index contributed by atoms with van der Waals surface area (Å²) >= 11 is 12.4. The van der Waals surface area contributed by atoms with Crippen LogP contribution in [-0.2, 0) is 4.79 Å². The van der Waals surface area contributed by atoms with Crippen LogP contribution in [0.5, 0.6) is 23.0 Å². The van der Waals surface area contributed by atoms with E-state index < -0.39 is 0 Å². The molecule has 6 nitrogen and oxygen atoms in total. The Balaban J connectivity index is 1.76. The normalized spacial score (nSPS) is 13.1.